The van der Waals surface area contributed by atoms with Crippen LogP contribution in [-0.4, -0.2) is 55.9 Å². The molecular formula is C23H22N4O3S2. The number of thiophene rings is 1. The summed E-state index contributed by atoms with van der Waals surface area (Å²) in [5, 5.41) is 14.7. The highest BCUT2D eigenvalue weighted by molar-refractivity contribution is 7.90. The number of anilines is 2. The molecule has 2 N–H and O–H groups in total. The molecule has 1 aliphatic heterocycles. The molecule has 1 aliphatic rings. The van der Waals surface area contributed by atoms with E-state index in [9.17, 15) is 14.5 Å². The maximum Gasteiger partial charge on any atom is 0.263 e. The Morgan fingerprint density at radius 1 is 1.25 bits per heavy atom. The second kappa shape index (κ2) is 8.67. The summed E-state index contributed by atoms with van der Waals surface area (Å²) < 4.78 is 12.8. The van der Waals surface area contributed by atoms with Crippen molar-refractivity contribution in [2.45, 2.75) is 23.8 Å². The van der Waals surface area contributed by atoms with Gasteiger partial charge in [0.15, 0.2) is 4.90 Å². The number of hydrogen-bond acceptors (Lipinski definition) is 7. The second-order valence-corrected chi connectivity index (χ2v) is 10.3. The molecule has 1 saturated heterocycles. The number of fused-ring (bicyclic) bond motifs is 3. The molecule has 1 amide bonds. The number of nitrogens with one attached hydrogen (secondary N) is 1. The summed E-state index contributed by atoms with van der Waals surface area (Å²) in [7, 11) is 0. The van der Waals surface area contributed by atoms with Gasteiger partial charge in [0.05, 0.1) is 16.5 Å². The van der Waals surface area contributed by atoms with Crippen LogP contribution in [0.5, 0.6) is 0 Å². The van der Waals surface area contributed by atoms with Gasteiger partial charge in [0.2, 0.25) is 5.95 Å². The molecule has 0 spiro atoms. The maximum atomic E-state index is 13.0. The Morgan fingerprint density at radius 2 is 2.06 bits per heavy atom. The van der Waals surface area contributed by atoms with Crippen LogP contribution >= 0.6 is 11.3 Å². The zero-order chi connectivity index (χ0) is 22.2. The first-order valence-electron chi connectivity index (χ1n) is 10.3. The number of rotatable bonds is 4. The van der Waals surface area contributed by atoms with Crippen molar-refractivity contribution in [3.8, 4) is 0 Å². The number of aliphatic hydroxyl groups excluding tert-OH is 1. The Balaban J connectivity index is 1.47. The van der Waals surface area contributed by atoms with Gasteiger partial charge in [0.1, 0.15) is 6.26 Å². The molecule has 5 rings (SSSR count). The van der Waals surface area contributed by atoms with Crippen LogP contribution in [-0.2, 0) is 11.2 Å². The number of carbonyl (C=O) groups is 1. The number of piperidine rings is 1. The highest BCUT2D eigenvalue weighted by Crippen LogP contribution is 2.33. The number of hydrogen-bond donors (Lipinski definition) is 2. The monoisotopic (exact) mass is 466 g/mol. The van der Waals surface area contributed by atoms with E-state index in [1.165, 1.54) is 11.3 Å². The van der Waals surface area contributed by atoms with Crippen LogP contribution in [0, 0.1) is 0 Å². The van der Waals surface area contributed by atoms with Crippen LogP contribution in [0.1, 0.15) is 22.5 Å². The molecule has 4 aromatic rings. The molecule has 1 fully saturated rings. The van der Waals surface area contributed by atoms with Crippen molar-refractivity contribution in [3.63, 3.8) is 0 Å². The van der Waals surface area contributed by atoms with Gasteiger partial charge in [-0.2, -0.15) is 0 Å². The Kier molecular flexibility index (Phi) is 5.73. The Hall–Kier alpha value is -2.72. The molecule has 0 aliphatic carbocycles. The summed E-state index contributed by atoms with van der Waals surface area (Å²) in [5.41, 5.74) is 1.54. The van der Waals surface area contributed by atoms with Gasteiger partial charge < -0.3 is 19.9 Å². The van der Waals surface area contributed by atoms with Gasteiger partial charge >= 0.3 is 0 Å². The van der Waals surface area contributed by atoms with E-state index in [4.69, 9.17) is 4.98 Å². The van der Waals surface area contributed by atoms with Crippen molar-refractivity contribution < 1.29 is 14.5 Å². The largest absolute Gasteiger partial charge is 0.612 e. The van der Waals surface area contributed by atoms with Crippen molar-refractivity contribution in [1.82, 2.24) is 14.9 Å². The van der Waals surface area contributed by atoms with E-state index < -0.39 is 11.2 Å². The number of aliphatic hydroxyl groups is 1. The fourth-order valence-electron chi connectivity index (χ4n) is 3.88. The highest BCUT2D eigenvalue weighted by atomic mass is 32.2. The molecule has 164 valence electrons. The Morgan fingerprint density at radius 3 is 2.84 bits per heavy atom. The predicted molar refractivity (Wildman–Crippen MR) is 128 cm³/mol. The Bertz CT molecular complexity index is 1300. The molecule has 0 radical (unpaired) electrons. The third-order valence-corrected chi connectivity index (χ3v) is 7.64. The SMILES string of the molecule is C[S+]([O-])c1cccc(Nc2ncc3ccc4sc(C(=O)N5CCC(O)CC5)cc4c3n2)c1. The van der Waals surface area contributed by atoms with Crippen LogP contribution in [0.3, 0.4) is 0 Å². The third kappa shape index (κ3) is 4.16. The van der Waals surface area contributed by atoms with E-state index >= 15 is 0 Å². The summed E-state index contributed by atoms with van der Waals surface area (Å²) in [6, 6.07) is 13.2. The molecule has 0 saturated carbocycles. The number of aromatic nitrogens is 2. The molecule has 9 heteroatoms. The summed E-state index contributed by atoms with van der Waals surface area (Å²) in [6.45, 7) is 1.15. The van der Waals surface area contributed by atoms with Crippen LogP contribution < -0.4 is 5.32 Å². The van der Waals surface area contributed by atoms with Crippen LogP contribution in [0.25, 0.3) is 21.0 Å². The molecule has 32 heavy (non-hydrogen) atoms. The molecule has 0 bridgehead atoms. The second-order valence-electron chi connectivity index (χ2n) is 7.85. The van der Waals surface area contributed by atoms with Gasteiger partial charge in [0, 0.05) is 46.5 Å². The van der Waals surface area contributed by atoms with Crippen LogP contribution in [0.4, 0.5) is 11.6 Å². The fourth-order valence-corrected chi connectivity index (χ4v) is 5.48. The quantitative estimate of drug-likeness (QED) is 0.442. The molecule has 1 atom stereocenters. The van der Waals surface area contributed by atoms with E-state index in [1.807, 2.05) is 47.4 Å². The fraction of sp³-hybridized carbons (Fsp3) is 0.261. The lowest BCUT2D eigenvalue weighted by Gasteiger charge is -2.29. The molecule has 3 heterocycles. The molecule has 2 aromatic heterocycles. The van der Waals surface area contributed by atoms with E-state index in [0.29, 0.717) is 36.8 Å². The topological polar surface area (TPSA) is 101 Å². The zero-order valence-corrected chi connectivity index (χ0v) is 19.1. The van der Waals surface area contributed by atoms with Crippen LogP contribution in [0.15, 0.2) is 53.6 Å². The smallest absolute Gasteiger partial charge is 0.263 e. The molecule has 1 unspecified atom stereocenters. The summed E-state index contributed by atoms with van der Waals surface area (Å²) in [4.78, 5) is 25.3. The molecule has 7 nitrogen and oxygen atoms in total. The molecule has 2 aromatic carbocycles. The average molecular weight is 467 g/mol. The van der Waals surface area contributed by atoms with Gasteiger partial charge in [-0.05, 0) is 54.3 Å². The third-order valence-electron chi connectivity index (χ3n) is 5.63. The number of amides is 1. The normalized spacial score (nSPS) is 15.9. The predicted octanol–water partition coefficient (Wildman–Crippen LogP) is 3.92. The standard InChI is InChI=1S/C23H22N4O3S2/c1-32(30)17-4-2-3-15(11-17)25-23-24-13-14-5-6-19-18(21(14)26-23)12-20(31-19)22(29)27-9-7-16(28)8-10-27/h2-6,11-13,16,28H,7-10H2,1H3,(H,24,25,26). The summed E-state index contributed by atoms with van der Waals surface area (Å²) >= 11 is 0.388. The van der Waals surface area contributed by atoms with Crippen molar-refractivity contribution in [1.29, 1.82) is 0 Å². The van der Waals surface area contributed by atoms with Gasteiger partial charge in [-0.15, -0.1) is 11.3 Å². The Labute approximate surface area is 192 Å². The van der Waals surface area contributed by atoms with Gasteiger partial charge in [-0.25, -0.2) is 9.97 Å². The average Bonchev–Trinajstić information content (AvgIpc) is 3.24. The van der Waals surface area contributed by atoms with Crippen molar-refractivity contribution in [3.05, 3.63) is 53.5 Å². The first kappa shape index (κ1) is 21.1. The van der Waals surface area contributed by atoms with Gasteiger partial charge in [-0.1, -0.05) is 6.07 Å². The number of likely N-dealkylation sites (tertiary alicyclic amines) is 1. The number of benzene rings is 2. The maximum absolute atomic E-state index is 13.0. The minimum atomic E-state index is -1.07. The first-order valence-corrected chi connectivity index (χ1v) is 12.7. The van der Waals surface area contributed by atoms with Crippen LogP contribution in [0.2, 0.25) is 0 Å². The lowest BCUT2D eigenvalue weighted by atomic mass is 10.1. The van der Waals surface area contributed by atoms with E-state index in [2.05, 4.69) is 10.3 Å². The van der Waals surface area contributed by atoms with Crippen molar-refractivity contribution >= 4 is 61.0 Å². The highest BCUT2D eigenvalue weighted by Gasteiger charge is 2.24. The van der Waals surface area contributed by atoms with Crippen molar-refractivity contribution in [2.75, 3.05) is 24.7 Å². The van der Waals surface area contributed by atoms with Gasteiger partial charge in [0.25, 0.3) is 5.91 Å². The summed E-state index contributed by atoms with van der Waals surface area (Å²) in [6.07, 6.45) is 4.33. The molecular weight excluding hydrogens is 444 g/mol. The van der Waals surface area contributed by atoms with Gasteiger partial charge in [-0.3, -0.25) is 4.79 Å². The first-order chi connectivity index (χ1) is 15.5. The lowest BCUT2D eigenvalue weighted by Crippen LogP contribution is -2.39. The minimum Gasteiger partial charge on any atom is -0.612 e. The van der Waals surface area contributed by atoms with E-state index in [-0.39, 0.29) is 12.0 Å². The van der Waals surface area contributed by atoms with E-state index in [0.717, 1.165) is 31.6 Å². The number of nitrogens with zero attached hydrogens (tertiary/aromatic N) is 3. The minimum absolute atomic E-state index is 0.00281. The lowest BCUT2D eigenvalue weighted by molar-refractivity contribution is 0.0551. The van der Waals surface area contributed by atoms with E-state index in [1.54, 1.807) is 12.5 Å². The van der Waals surface area contributed by atoms with Crippen molar-refractivity contribution in [2.24, 2.45) is 0 Å². The number of carbonyl (C=O) groups excluding carboxylic acids is 1. The summed E-state index contributed by atoms with van der Waals surface area (Å²) in [5.74, 6) is 0.441. The zero-order valence-electron chi connectivity index (χ0n) is 17.4.